The Kier molecular flexibility index (Phi) is 5.02. The molecular weight excluding hydrogens is 272 g/mol. The van der Waals surface area contributed by atoms with Crippen LogP contribution >= 0.6 is 11.6 Å². The molecule has 0 saturated heterocycles. The average molecular weight is 289 g/mol. The van der Waals surface area contributed by atoms with E-state index in [2.05, 4.69) is 10.6 Å². The first-order valence-electron chi connectivity index (χ1n) is 6.57. The lowest BCUT2D eigenvalue weighted by Gasteiger charge is -2.18. The SMILES string of the molecule is CC[C@@H](Nc1ccccc1Cl)C(=O)Nc1ccccc1. The summed E-state index contributed by atoms with van der Waals surface area (Å²) in [5.74, 6) is -0.0707. The van der Waals surface area contributed by atoms with Crippen molar-refractivity contribution >= 4 is 28.9 Å². The van der Waals surface area contributed by atoms with Crippen molar-refractivity contribution in [3.05, 3.63) is 59.6 Å². The highest BCUT2D eigenvalue weighted by molar-refractivity contribution is 6.33. The minimum atomic E-state index is -0.324. The number of hydrogen-bond donors (Lipinski definition) is 2. The third kappa shape index (κ3) is 3.75. The van der Waals surface area contributed by atoms with Crippen LogP contribution in [0.25, 0.3) is 0 Å². The zero-order chi connectivity index (χ0) is 14.4. The average Bonchev–Trinajstić information content (AvgIpc) is 2.47. The Bertz CT molecular complexity index is 572. The molecule has 0 aromatic heterocycles. The van der Waals surface area contributed by atoms with Gasteiger partial charge in [-0.15, -0.1) is 0 Å². The Morgan fingerprint density at radius 2 is 1.75 bits per heavy atom. The van der Waals surface area contributed by atoms with E-state index in [1.807, 2.05) is 55.5 Å². The van der Waals surface area contributed by atoms with Crippen molar-refractivity contribution in [1.29, 1.82) is 0 Å². The second-order valence-electron chi connectivity index (χ2n) is 4.44. The van der Waals surface area contributed by atoms with Crippen LogP contribution in [0.15, 0.2) is 54.6 Å². The highest BCUT2D eigenvalue weighted by atomic mass is 35.5. The predicted octanol–water partition coefficient (Wildman–Crippen LogP) is 4.17. The molecule has 0 aliphatic heterocycles. The van der Waals surface area contributed by atoms with Crippen LogP contribution in [0.5, 0.6) is 0 Å². The molecule has 0 aliphatic rings. The lowest BCUT2D eigenvalue weighted by Crippen LogP contribution is -2.34. The molecule has 104 valence electrons. The molecule has 0 heterocycles. The van der Waals surface area contributed by atoms with Gasteiger partial charge in [0.1, 0.15) is 6.04 Å². The number of hydrogen-bond acceptors (Lipinski definition) is 2. The number of rotatable bonds is 5. The van der Waals surface area contributed by atoms with Gasteiger partial charge in [0.05, 0.1) is 10.7 Å². The van der Waals surface area contributed by atoms with Crippen molar-refractivity contribution in [3.8, 4) is 0 Å². The van der Waals surface area contributed by atoms with Crippen LogP contribution in [0, 0.1) is 0 Å². The normalized spacial score (nSPS) is 11.7. The topological polar surface area (TPSA) is 41.1 Å². The summed E-state index contributed by atoms with van der Waals surface area (Å²) >= 11 is 6.10. The third-order valence-electron chi connectivity index (χ3n) is 2.97. The van der Waals surface area contributed by atoms with Crippen molar-refractivity contribution in [2.45, 2.75) is 19.4 Å². The van der Waals surface area contributed by atoms with Gasteiger partial charge in [0.15, 0.2) is 0 Å². The lowest BCUT2D eigenvalue weighted by atomic mass is 10.2. The van der Waals surface area contributed by atoms with Crippen molar-refractivity contribution in [3.63, 3.8) is 0 Å². The highest BCUT2D eigenvalue weighted by Gasteiger charge is 2.17. The third-order valence-corrected chi connectivity index (χ3v) is 3.30. The smallest absolute Gasteiger partial charge is 0.246 e. The summed E-state index contributed by atoms with van der Waals surface area (Å²) < 4.78 is 0. The predicted molar refractivity (Wildman–Crippen MR) is 84.2 cm³/mol. The van der Waals surface area contributed by atoms with Gasteiger partial charge in [0, 0.05) is 5.69 Å². The Morgan fingerprint density at radius 3 is 2.40 bits per heavy atom. The molecule has 0 spiro atoms. The van der Waals surface area contributed by atoms with Crippen LogP contribution in [0.2, 0.25) is 5.02 Å². The number of benzene rings is 2. The van der Waals surface area contributed by atoms with Gasteiger partial charge in [-0.3, -0.25) is 4.79 Å². The molecule has 3 nitrogen and oxygen atoms in total. The molecule has 0 unspecified atom stereocenters. The maximum Gasteiger partial charge on any atom is 0.246 e. The van der Waals surface area contributed by atoms with Crippen LogP contribution in [-0.4, -0.2) is 11.9 Å². The first kappa shape index (κ1) is 14.4. The van der Waals surface area contributed by atoms with Crippen LogP contribution in [0.3, 0.4) is 0 Å². The molecule has 0 aliphatic carbocycles. The Labute approximate surface area is 124 Å². The summed E-state index contributed by atoms with van der Waals surface area (Å²) in [5, 5.41) is 6.67. The Hall–Kier alpha value is -2.00. The van der Waals surface area contributed by atoms with E-state index >= 15 is 0 Å². The summed E-state index contributed by atoms with van der Waals surface area (Å²) in [6.07, 6.45) is 0.671. The van der Waals surface area contributed by atoms with E-state index in [1.165, 1.54) is 0 Å². The number of carbonyl (C=O) groups is 1. The van der Waals surface area contributed by atoms with Gasteiger partial charge in [-0.1, -0.05) is 48.9 Å². The summed E-state index contributed by atoms with van der Waals surface area (Å²) in [6.45, 7) is 1.96. The van der Waals surface area contributed by atoms with Gasteiger partial charge >= 0.3 is 0 Å². The molecule has 2 rings (SSSR count). The Balaban J connectivity index is 2.05. The van der Waals surface area contributed by atoms with E-state index in [-0.39, 0.29) is 11.9 Å². The van der Waals surface area contributed by atoms with Gasteiger partial charge in [-0.25, -0.2) is 0 Å². The van der Waals surface area contributed by atoms with Gasteiger partial charge in [0.25, 0.3) is 0 Å². The van der Waals surface area contributed by atoms with Crippen molar-refractivity contribution in [2.75, 3.05) is 10.6 Å². The summed E-state index contributed by atoms with van der Waals surface area (Å²) in [6, 6.07) is 16.5. The molecule has 4 heteroatoms. The largest absolute Gasteiger partial charge is 0.372 e. The molecule has 0 radical (unpaired) electrons. The number of para-hydroxylation sites is 2. The molecule has 2 aromatic rings. The monoisotopic (exact) mass is 288 g/mol. The first-order valence-corrected chi connectivity index (χ1v) is 6.95. The second-order valence-corrected chi connectivity index (χ2v) is 4.85. The standard InChI is InChI=1S/C16H17ClN2O/c1-2-14(19-15-11-7-6-10-13(15)17)16(20)18-12-8-4-3-5-9-12/h3-11,14,19H,2H2,1H3,(H,18,20)/t14-/m1/s1. The molecule has 0 saturated carbocycles. The van der Waals surface area contributed by atoms with E-state index < -0.39 is 0 Å². The zero-order valence-corrected chi connectivity index (χ0v) is 12.0. The number of anilines is 2. The van der Waals surface area contributed by atoms with E-state index in [4.69, 9.17) is 11.6 Å². The molecule has 1 amide bonds. The molecule has 2 aromatic carbocycles. The second kappa shape index (κ2) is 6.96. The summed E-state index contributed by atoms with van der Waals surface area (Å²) in [7, 11) is 0. The zero-order valence-electron chi connectivity index (χ0n) is 11.3. The highest BCUT2D eigenvalue weighted by Crippen LogP contribution is 2.22. The van der Waals surface area contributed by atoms with Crippen molar-refractivity contribution < 1.29 is 4.79 Å². The fourth-order valence-corrected chi connectivity index (χ4v) is 2.06. The van der Waals surface area contributed by atoms with E-state index in [9.17, 15) is 4.79 Å². The van der Waals surface area contributed by atoms with Crippen LogP contribution in [-0.2, 0) is 4.79 Å². The lowest BCUT2D eigenvalue weighted by molar-refractivity contribution is -0.116. The molecule has 0 fully saturated rings. The summed E-state index contributed by atoms with van der Waals surface area (Å²) in [5.41, 5.74) is 1.56. The van der Waals surface area contributed by atoms with Crippen molar-refractivity contribution in [1.82, 2.24) is 0 Å². The maximum absolute atomic E-state index is 12.2. The van der Waals surface area contributed by atoms with E-state index in [0.717, 1.165) is 11.4 Å². The Morgan fingerprint density at radius 1 is 1.10 bits per heavy atom. The van der Waals surface area contributed by atoms with Crippen LogP contribution in [0.4, 0.5) is 11.4 Å². The quantitative estimate of drug-likeness (QED) is 0.867. The van der Waals surface area contributed by atoms with E-state index in [1.54, 1.807) is 6.07 Å². The number of amides is 1. The van der Waals surface area contributed by atoms with E-state index in [0.29, 0.717) is 11.4 Å². The maximum atomic E-state index is 12.2. The number of carbonyl (C=O) groups excluding carboxylic acids is 1. The minimum absolute atomic E-state index is 0.0707. The summed E-state index contributed by atoms with van der Waals surface area (Å²) in [4.78, 5) is 12.2. The van der Waals surface area contributed by atoms with Gasteiger partial charge in [-0.05, 0) is 30.7 Å². The number of halogens is 1. The van der Waals surface area contributed by atoms with Gasteiger partial charge in [-0.2, -0.15) is 0 Å². The molecule has 20 heavy (non-hydrogen) atoms. The van der Waals surface area contributed by atoms with Crippen molar-refractivity contribution in [2.24, 2.45) is 0 Å². The van der Waals surface area contributed by atoms with Gasteiger partial charge in [0.2, 0.25) is 5.91 Å². The molecule has 0 bridgehead atoms. The molecule has 1 atom stereocenters. The van der Waals surface area contributed by atoms with Crippen LogP contribution in [0.1, 0.15) is 13.3 Å². The fourth-order valence-electron chi connectivity index (χ4n) is 1.87. The molecular formula is C16H17ClN2O. The minimum Gasteiger partial charge on any atom is -0.372 e. The van der Waals surface area contributed by atoms with Crippen LogP contribution < -0.4 is 10.6 Å². The first-order chi connectivity index (χ1) is 9.70. The molecule has 2 N–H and O–H groups in total. The fraction of sp³-hybridized carbons (Fsp3) is 0.188. The number of nitrogens with one attached hydrogen (secondary N) is 2. The van der Waals surface area contributed by atoms with Gasteiger partial charge < -0.3 is 10.6 Å².